The van der Waals surface area contributed by atoms with Crippen molar-refractivity contribution in [3.63, 3.8) is 0 Å². The summed E-state index contributed by atoms with van der Waals surface area (Å²) in [5.74, 6) is -1.34. The van der Waals surface area contributed by atoms with Gasteiger partial charge in [0, 0.05) is 18.4 Å². The number of carbonyl (C=O) groups is 3. The van der Waals surface area contributed by atoms with E-state index in [0.29, 0.717) is 5.56 Å². The van der Waals surface area contributed by atoms with E-state index in [0.717, 1.165) is 5.56 Å². The van der Waals surface area contributed by atoms with E-state index in [2.05, 4.69) is 10.1 Å². The summed E-state index contributed by atoms with van der Waals surface area (Å²) in [5, 5.41) is 11.7. The van der Waals surface area contributed by atoms with Crippen molar-refractivity contribution in [3.05, 3.63) is 52.3 Å². The molecule has 0 aliphatic carbocycles. The highest BCUT2D eigenvalue weighted by molar-refractivity contribution is 6.01. The van der Waals surface area contributed by atoms with Gasteiger partial charge in [0.1, 0.15) is 23.0 Å². The number of aryl methyl sites for hydroxylation is 2. The molecule has 134 valence electrons. The average molecular weight is 354 g/mol. The first kappa shape index (κ1) is 18.9. The molecule has 0 aliphatic rings. The number of methoxy groups -OCH3 is 1. The zero-order chi connectivity index (χ0) is 19.3. The number of ether oxygens (including phenoxy) is 1. The molecule has 0 atom stereocenters. The van der Waals surface area contributed by atoms with Crippen LogP contribution in [0.2, 0.25) is 0 Å². The van der Waals surface area contributed by atoms with Crippen LogP contribution in [0.4, 0.5) is 5.88 Å². The molecule has 1 amide bonds. The van der Waals surface area contributed by atoms with Crippen LogP contribution in [0.3, 0.4) is 0 Å². The minimum absolute atomic E-state index is 0.0142. The summed E-state index contributed by atoms with van der Waals surface area (Å²) >= 11 is 0. The first-order valence-electron chi connectivity index (χ1n) is 7.89. The van der Waals surface area contributed by atoms with Crippen LogP contribution in [-0.2, 0) is 9.53 Å². The van der Waals surface area contributed by atoms with Crippen LogP contribution in [0.15, 0.2) is 28.7 Å². The summed E-state index contributed by atoms with van der Waals surface area (Å²) in [6.07, 6.45) is -0.0643. The van der Waals surface area contributed by atoms with Crippen LogP contribution >= 0.6 is 0 Å². The first-order valence-corrected chi connectivity index (χ1v) is 7.89. The van der Waals surface area contributed by atoms with Crippen LogP contribution in [0.25, 0.3) is 0 Å². The van der Waals surface area contributed by atoms with Crippen LogP contribution in [-0.4, -0.2) is 24.8 Å². The molecular weight excluding hydrogens is 336 g/mol. The molecule has 2 aromatic rings. The number of esters is 1. The summed E-state index contributed by atoms with van der Waals surface area (Å²) in [4.78, 5) is 35.9. The molecule has 2 rings (SSSR count). The van der Waals surface area contributed by atoms with Gasteiger partial charge >= 0.3 is 5.97 Å². The van der Waals surface area contributed by atoms with Crippen molar-refractivity contribution in [3.8, 4) is 6.07 Å². The normalized spacial score (nSPS) is 10.1. The Morgan fingerprint density at radius 1 is 1.15 bits per heavy atom. The van der Waals surface area contributed by atoms with E-state index in [1.54, 1.807) is 12.1 Å². The fraction of sp³-hybridized carbons (Fsp3) is 0.263. The Kier molecular flexibility index (Phi) is 5.91. The van der Waals surface area contributed by atoms with Crippen molar-refractivity contribution < 1.29 is 23.5 Å². The van der Waals surface area contributed by atoms with E-state index in [-0.39, 0.29) is 41.4 Å². The number of amides is 1. The van der Waals surface area contributed by atoms with Gasteiger partial charge < -0.3 is 9.15 Å². The number of nitriles is 1. The molecule has 0 saturated carbocycles. The lowest BCUT2D eigenvalue weighted by atomic mass is 10.0. The molecule has 0 spiro atoms. The molecule has 7 nitrogen and oxygen atoms in total. The minimum atomic E-state index is -0.724. The predicted molar refractivity (Wildman–Crippen MR) is 92.9 cm³/mol. The van der Waals surface area contributed by atoms with Gasteiger partial charge in [0.15, 0.2) is 5.78 Å². The molecule has 1 heterocycles. The third kappa shape index (κ3) is 4.16. The fourth-order valence-corrected chi connectivity index (χ4v) is 2.39. The maximum atomic E-state index is 12.1. The highest BCUT2D eigenvalue weighted by atomic mass is 16.5. The number of hydrogen-bond acceptors (Lipinski definition) is 6. The van der Waals surface area contributed by atoms with Gasteiger partial charge in [-0.3, -0.25) is 14.9 Å². The number of benzene rings is 1. The van der Waals surface area contributed by atoms with Crippen LogP contribution in [0.1, 0.15) is 50.4 Å². The Hall–Kier alpha value is -3.40. The predicted octanol–water partition coefficient (Wildman–Crippen LogP) is 3.16. The van der Waals surface area contributed by atoms with Crippen molar-refractivity contribution in [2.45, 2.75) is 26.7 Å². The van der Waals surface area contributed by atoms with Gasteiger partial charge in [0.05, 0.1) is 7.11 Å². The Morgan fingerprint density at radius 3 is 2.38 bits per heavy atom. The Bertz CT molecular complexity index is 888. The second kappa shape index (κ2) is 8.12. The Balaban J connectivity index is 2.04. The molecule has 0 saturated heterocycles. The lowest BCUT2D eigenvalue weighted by Crippen LogP contribution is -2.14. The van der Waals surface area contributed by atoms with Crippen molar-refractivity contribution in [2.24, 2.45) is 0 Å². The average Bonchev–Trinajstić information content (AvgIpc) is 2.94. The highest BCUT2D eigenvalue weighted by Crippen LogP contribution is 2.27. The zero-order valence-corrected chi connectivity index (χ0v) is 14.7. The second-order valence-corrected chi connectivity index (χ2v) is 5.68. The molecule has 1 aromatic heterocycles. The number of hydrogen-bond donors (Lipinski definition) is 1. The lowest BCUT2D eigenvalue weighted by Gasteiger charge is -2.03. The molecule has 0 aliphatic heterocycles. The highest BCUT2D eigenvalue weighted by Gasteiger charge is 2.25. The van der Waals surface area contributed by atoms with E-state index in [1.807, 2.05) is 25.1 Å². The summed E-state index contributed by atoms with van der Waals surface area (Å²) < 4.78 is 9.90. The van der Waals surface area contributed by atoms with Gasteiger partial charge in [0.25, 0.3) is 0 Å². The monoisotopic (exact) mass is 354 g/mol. The Morgan fingerprint density at radius 2 is 1.81 bits per heavy atom. The van der Waals surface area contributed by atoms with Crippen molar-refractivity contribution in [2.75, 3.05) is 12.4 Å². The van der Waals surface area contributed by atoms with Crippen LogP contribution < -0.4 is 5.32 Å². The number of nitrogens with one attached hydrogen (secondary N) is 1. The van der Waals surface area contributed by atoms with Crippen LogP contribution in [0.5, 0.6) is 0 Å². The fourth-order valence-electron chi connectivity index (χ4n) is 2.39. The largest absolute Gasteiger partial charge is 0.465 e. The second-order valence-electron chi connectivity index (χ2n) is 5.68. The van der Waals surface area contributed by atoms with E-state index >= 15 is 0 Å². The smallest absolute Gasteiger partial charge is 0.342 e. The number of furan rings is 1. The minimum Gasteiger partial charge on any atom is -0.465 e. The molecule has 7 heteroatoms. The summed E-state index contributed by atoms with van der Waals surface area (Å²) in [6, 6.07) is 8.90. The topological polar surface area (TPSA) is 109 Å². The number of rotatable bonds is 6. The summed E-state index contributed by atoms with van der Waals surface area (Å²) in [5.41, 5.74) is 1.44. The van der Waals surface area contributed by atoms with Gasteiger partial charge in [-0.1, -0.05) is 29.8 Å². The zero-order valence-electron chi connectivity index (χ0n) is 14.7. The first-order chi connectivity index (χ1) is 12.4. The van der Waals surface area contributed by atoms with Gasteiger partial charge in [-0.2, -0.15) is 5.26 Å². The van der Waals surface area contributed by atoms with Crippen molar-refractivity contribution in [1.29, 1.82) is 5.26 Å². The molecule has 26 heavy (non-hydrogen) atoms. The summed E-state index contributed by atoms with van der Waals surface area (Å²) in [7, 11) is 1.19. The van der Waals surface area contributed by atoms with Gasteiger partial charge in [-0.15, -0.1) is 0 Å². The number of nitrogens with zero attached hydrogens (tertiary/aromatic N) is 1. The maximum absolute atomic E-state index is 12.1. The van der Waals surface area contributed by atoms with E-state index in [9.17, 15) is 19.6 Å². The van der Waals surface area contributed by atoms with Crippen LogP contribution in [0, 0.1) is 25.2 Å². The molecule has 0 bridgehead atoms. The molecule has 1 N–H and O–H groups in total. The molecule has 1 aromatic carbocycles. The quantitative estimate of drug-likeness (QED) is 0.630. The molecule has 0 unspecified atom stereocenters. The Labute approximate surface area is 150 Å². The number of ketones is 1. The SMILES string of the molecule is COC(=O)c1c(C)oc(NC(=O)CCC(=O)c2ccc(C)cc2)c1C#N. The van der Waals surface area contributed by atoms with Crippen molar-refractivity contribution >= 4 is 23.5 Å². The number of carbonyl (C=O) groups excluding carboxylic acids is 3. The summed E-state index contributed by atoms with van der Waals surface area (Å²) in [6.45, 7) is 3.41. The van der Waals surface area contributed by atoms with Gasteiger partial charge in [-0.25, -0.2) is 4.79 Å². The third-order valence-corrected chi connectivity index (χ3v) is 3.79. The lowest BCUT2D eigenvalue weighted by molar-refractivity contribution is -0.116. The molecule has 0 fully saturated rings. The van der Waals surface area contributed by atoms with E-state index < -0.39 is 11.9 Å². The van der Waals surface area contributed by atoms with Gasteiger partial charge in [-0.05, 0) is 13.8 Å². The molecule has 0 radical (unpaired) electrons. The standard InChI is InChI=1S/C19H18N2O5/c1-11-4-6-13(7-5-11)15(22)8-9-16(23)21-18-14(10-20)17(12(2)26-18)19(24)25-3/h4-7H,8-9H2,1-3H3,(H,21,23). The number of anilines is 1. The maximum Gasteiger partial charge on any atom is 0.342 e. The van der Waals surface area contributed by atoms with E-state index in [4.69, 9.17) is 4.42 Å². The number of Topliss-reactive ketones (excluding diaryl/α,β-unsaturated/α-hetero) is 1. The van der Waals surface area contributed by atoms with Gasteiger partial charge in [0.2, 0.25) is 11.8 Å². The molecular formula is C19H18N2O5. The third-order valence-electron chi connectivity index (χ3n) is 3.79. The van der Waals surface area contributed by atoms with Crippen molar-refractivity contribution in [1.82, 2.24) is 0 Å². The van der Waals surface area contributed by atoms with E-state index in [1.165, 1.54) is 14.0 Å².